The minimum atomic E-state index is -0.166. The third kappa shape index (κ3) is 6.41. The van der Waals surface area contributed by atoms with E-state index in [1.165, 1.54) is 22.9 Å². The van der Waals surface area contributed by atoms with Crippen molar-refractivity contribution in [3.05, 3.63) is 29.3 Å². The minimum Gasteiger partial charge on any atom is -0.465 e. The lowest BCUT2D eigenvalue weighted by Gasteiger charge is -2.09. The Bertz CT molecular complexity index is 424. The summed E-state index contributed by atoms with van der Waals surface area (Å²) in [5.74, 6) is 0.194. The van der Waals surface area contributed by atoms with E-state index in [2.05, 4.69) is 24.4 Å². The van der Waals surface area contributed by atoms with Gasteiger partial charge in [0.1, 0.15) is 0 Å². The summed E-state index contributed by atoms with van der Waals surface area (Å²) < 4.78 is 9.91. The lowest BCUT2D eigenvalue weighted by Crippen LogP contribution is -2.19. The molecule has 0 aliphatic rings. The van der Waals surface area contributed by atoms with Crippen molar-refractivity contribution in [2.45, 2.75) is 25.3 Å². The Morgan fingerprint density at radius 3 is 2.85 bits per heavy atom. The summed E-state index contributed by atoms with van der Waals surface area (Å²) in [5, 5.41) is 3.32. The molecule has 0 amide bonds. The quantitative estimate of drug-likeness (QED) is 0.431. The Morgan fingerprint density at radius 1 is 1.40 bits per heavy atom. The molecule has 112 valence electrons. The van der Waals surface area contributed by atoms with E-state index in [-0.39, 0.29) is 5.97 Å². The lowest BCUT2D eigenvalue weighted by molar-refractivity contribution is -0.139. The zero-order chi connectivity index (χ0) is 14.8. The van der Waals surface area contributed by atoms with E-state index in [9.17, 15) is 4.79 Å². The van der Waals surface area contributed by atoms with E-state index in [4.69, 9.17) is 9.47 Å². The molecule has 0 bridgehead atoms. The Labute approximate surface area is 125 Å². The van der Waals surface area contributed by atoms with Crippen LogP contribution >= 0.6 is 11.8 Å². The van der Waals surface area contributed by atoms with Crippen LogP contribution in [0.1, 0.15) is 18.1 Å². The molecular weight excluding hydrogens is 274 g/mol. The lowest BCUT2D eigenvalue weighted by atomic mass is 10.1. The number of methoxy groups -OCH3 is 1. The van der Waals surface area contributed by atoms with E-state index in [0.717, 1.165) is 18.0 Å². The summed E-state index contributed by atoms with van der Waals surface area (Å²) in [5.41, 5.74) is 2.49. The molecule has 0 saturated carbocycles. The molecule has 1 rings (SSSR count). The summed E-state index contributed by atoms with van der Waals surface area (Å²) in [6.07, 6.45) is 0. The van der Waals surface area contributed by atoms with Gasteiger partial charge in [-0.15, -0.1) is 11.8 Å². The second-order valence-corrected chi connectivity index (χ2v) is 5.40. The molecule has 20 heavy (non-hydrogen) atoms. The van der Waals surface area contributed by atoms with Gasteiger partial charge in [0.05, 0.1) is 19.0 Å². The van der Waals surface area contributed by atoms with Crippen LogP contribution in [0.15, 0.2) is 23.1 Å². The van der Waals surface area contributed by atoms with Crippen LogP contribution in [0.2, 0.25) is 0 Å². The minimum absolute atomic E-state index is 0.166. The number of carbonyl (C=O) groups is 1. The highest BCUT2D eigenvalue weighted by atomic mass is 32.2. The maximum atomic E-state index is 11.3. The number of carbonyl (C=O) groups excluding carboxylic acids is 1. The van der Waals surface area contributed by atoms with Gasteiger partial charge in [-0.25, -0.2) is 0 Å². The molecule has 0 fully saturated rings. The molecule has 1 N–H and O–H groups in total. The number of hydrogen-bond donors (Lipinski definition) is 1. The van der Waals surface area contributed by atoms with Crippen molar-refractivity contribution in [2.75, 3.05) is 32.6 Å². The summed E-state index contributed by atoms with van der Waals surface area (Å²) in [6, 6.07) is 6.25. The maximum Gasteiger partial charge on any atom is 0.316 e. The first-order valence-corrected chi connectivity index (χ1v) is 7.73. The Balaban J connectivity index is 2.44. The van der Waals surface area contributed by atoms with E-state index in [0.29, 0.717) is 19.0 Å². The molecule has 0 heterocycles. The first-order valence-electron chi connectivity index (χ1n) is 6.75. The van der Waals surface area contributed by atoms with Crippen molar-refractivity contribution in [3.63, 3.8) is 0 Å². The number of ether oxygens (including phenoxy) is 2. The molecule has 0 unspecified atom stereocenters. The maximum absolute atomic E-state index is 11.3. The third-order valence-corrected chi connectivity index (χ3v) is 3.74. The molecule has 0 atom stereocenters. The smallest absolute Gasteiger partial charge is 0.316 e. The van der Waals surface area contributed by atoms with Gasteiger partial charge in [-0.2, -0.15) is 0 Å². The predicted molar refractivity (Wildman–Crippen MR) is 82.1 cm³/mol. The van der Waals surface area contributed by atoms with Crippen molar-refractivity contribution in [2.24, 2.45) is 0 Å². The average Bonchev–Trinajstić information content (AvgIpc) is 2.43. The summed E-state index contributed by atoms with van der Waals surface area (Å²) in [4.78, 5) is 12.4. The molecule has 0 aliphatic heterocycles. The fourth-order valence-electron chi connectivity index (χ4n) is 1.70. The fourth-order valence-corrected chi connectivity index (χ4v) is 2.49. The molecule has 1 aromatic rings. The fraction of sp³-hybridized carbons (Fsp3) is 0.533. The van der Waals surface area contributed by atoms with E-state index in [1.54, 1.807) is 7.11 Å². The average molecular weight is 297 g/mol. The largest absolute Gasteiger partial charge is 0.465 e. The molecule has 4 nitrogen and oxygen atoms in total. The van der Waals surface area contributed by atoms with Gasteiger partial charge in [0, 0.05) is 25.1 Å². The standard InChI is InChI=1S/C15H23NO3S/c1-4-19-15(17)11-20-14-6-5-13(12(2)9-14)10-16-7-8-18-3/h5-6,9,16H,4,7-8,10-11H2,1-3H3. The topological polar surface area (TPSA) is 47.6 Å². The van der Waals surface area contributed by atoms with Crippen LogP contribution in [-0.4, -0.2) is 38.6 Å². The van der Waals surface area contributed by atoms with Crippen LogP contribution < -0.4 is 5.32 Å². The first-order chi connectivity index (χ1) is 9.67. The highest BCUT2D eigenvalue weighted by Gasteiger charge is 2.05. The Morgan fingerprint density at radius 2 is 2.20 bits per heavy atom. The SMILES string of the molecule is CCOC(=O)CSc1ccc(CNCCOC)c(C)c1. The van der Waals surface area contributed by atoms with Crippen LogP contribution in [0, 0.1) is 6.92 Å². The van der Waals surface area contributed by atoms with Crippen LogP contribution in [0.25, 0.3) is 0 Å². The molecular formula is C15H23NO3S. The van der Waals surface area contributed by atoms with Crippen molar-refractivity contribution >= 4 is 17.7 Å². The molecule has 0 aliphatic carbocycles. The van der Waals surface area contributed by atoms with Crippen LogP contribution in [-0.2, 0) is 20.8 Å². The van der Waals surface area contributed by atoms with Gasteiger partial charge in [-0.05, 0) is 37.1 Å². The second-order valence-electron chi connectivity index (χ2n) is 4.35. The van der Waals surface area contributed by atoms with Gasteiger partial charge >= 0.3 is 5.97 Å². The Kier molecular flexibility index (Phi) is 8.34. The first kappa shape index (κ1) is 17.0. The van der Waals surface area contributed by atoms with Crippen LogP contribution in [0.5, 0.6) is 0 Å². The number of rotatable bonds is 9. The summed E-state index contributed by atoms with van der Waals surface area (Å²) in [7, 11) is 1.70. The van der Waals surface area contributed by atoms with Gasteiger partial charge in [0.15, 0.2) is 0 Å². The molecule has 5 heteroatoms. The zero-order valence-electron chi connectivity index (χ0n) is 12.4. The second kappa shape index (κ2) is 9.80. The molecule has 0 aromatic heterocycles. The number of hydrogen-bond acceptors (Lipinski definition) is 5. The number of benzene rings is 1. The highest BCUT2D eigenvalue weighted by molar-refractivity contribution is 8.00. The molecule has 1 aromatic carbocycles. The molecule has 0 radical (unpaired) electrons. The number of aryl methyl sites for hydroxylation is 1. The van der Waals surface area contributed by atoms with E-state index < -0.39 is 0 Å². The normalized spacial score (nSPS) is 10.6. The Hall–Kier alpha value is -1.04. The molecule has 0 saturated heterocycles. The highest BCUT2D eigenvalue weighted by Crippen LogP contribution is 2.21. The van der Waals surface area contributed by atoms with Gasteiger partial charge in [-0.3, -0.25) is 4.79 Å². The monoisotopic (exact) mass is 297 g/mol. The van der Waals surface area contributed by atoms with Crippen molar-refractivity contribution in [3.8, 4) is 0 Å². The van der Waals surface area contributed by atoms with Gasteiger partial charge in [-0.1, -0.05) is 6.07 Å². The van der Waals surface area contributed by atoms with E-state index >= 15 is 0 Å². The van der Waals surface area contributed by atoms with Crippen molar-refractivity contribution in [1.82, 2.24) is 5.32 Å². The van der Waals surface area contributed by atoms with Gasteiger partial charge in [0.25, 0.3) is 0 Å². The summed E-state index contributed by atoms with van der Waals surface area (Å²) >= 11 is 1.51. The zero-order valence-corrected chi connectivity index (χ0v) is 13.2. The van der Waals surface area contributed by atoms with E-state index in [1.807, 2.05) is 13.0 Å². The van der Waals surface area contributed by atoms with Crippen molar-refractivity contribution < 1.29 is 14.3 Å². The predicted octanol–water partition coefficient (Wildman–Crippen LogP) is 2.39. The third-order valence-electron chi connectivity index (χ3n) is 2.77. The van der Waals surface area contributed by atoms with Gasteiger partial charge < -0.3 is 14.8 Å². The summed E-state index contributed by atoms with van der Waals surface area (Å²) in [6.45, 7) is 6.73. The van der Waals surface area contributed by atoms with Gasteiger partial charge in [0.2, 0.25) is 0 Å². The number of thioether (sulfide) groups is 1. The van der Waals surface area contributed by atoms with Crippen LogP contribution in [0.4, 0.5) is 0 Å². The number of nitrogens with one attached hydrogen (secondary N) is 1. The number of esters is 1. The van der Waals surface area contributed by atoms with Crippen molar-refractivity contribution in [1.29, 1.82) is 0 Å². The van der Waals surface area contributed by atoms with Crippen LogP contribution in [0.3, 0.4) is 0 Å². The molecule has 0 spiro atoms.